The van der Waals surface area contributed by atoms with E-state index in [4.69, 9.17) is 0 Å². The fraction of sp³-hybridized carbons (Fsp3) is 0.538. The summed E-state index contributed by atoms with van der Waals surface area (Å²) in [4.78, 5) is 0.337. The Morgan fingerprint density at radius 3 is 2.59 bits per heavy atom. The topological polar surface area (TPSA) is 54.4 Å². The highest BCUT2D eigenvalue weighted by atomic mass is 32.2. The Kier molecular flexibility index (Phi) is 3.54. The molecule has 2 unspecified atom stereocenters. The van der Waals surface area contributed by atoms with Crippen LogP contribution in [0.3, 0.4) is 0 Å². The van der Waals surface area contributed by atoms with Gasteiger partial charge in [-0.05, 0) is 37.5 Å². The molecule has 2 rings (SSSR count). The summed E-state index contributed by atoms with van der Waals surface area (Å²) in [6, 6.07) is 6.91. The zero-order valence-corrected chi connectivity index (χ0v) is 10.8. The van der Waals surface area contributed by atoms with Gasteiger partial charge >= 0.3 is 0 Å². The van der Waals surface area contributed by atoms with Crippen molar-refractivity contribution in [3.8, 4) is 0 Å². The number of rotatable bonds is 2. The van der Waals surface area contributed by atoms with Gasteiger partial charge in [0.15, 0.2) is 9.84 Å². The van der Waals surface area contributed by atoms with Gasteiger partial charge in [-0.25, -0.2) is 8.42 Å². The number of aliphatic hydroxyl groups is 1. The van der Waals surface area contributed by atoms with E-state index in [1.165, 1.54) is 0 Å². The SMILES string of the molecule is Cc1cccc(S(=O)(=O)C2CCCCC2O)c1. The lowest BCUT2D eigenvalue weighted by atomic mass is 9.97. The molecule has 0 amide bonds. The number of aryl methyl sites for hydroxylation is 1. The molecule has 1 fully saturated rings. The predicted octanol–water partition coefficient (Wildman–Crippen LogP) is 2.07. The quantitative estimate of drug-likeness (QED) is 0.879. The Morgan fingerprint density at radius 1 is 1.24 bits per heavy atom. The lowest BCUT2D eigenvalue weighted by Gasteiger charge is -2.27. The van der Waals surface area contributed by atoms with Crippen LogP contribution in [0, 0.1) is 6.92 Å². The van der Waals surface area contributed by atoms with Crippen molar-refractivity contribution >= 4 is 9.84 Å². The Balaban J connectivity index is 2.35. The van der Waals surface area contributed by atoms with E-state index in [9.17, 15) is 13.5 Å². The number of hydrogen-bond donors (Lipinski definition) is 1. The third kappa shape index (κ3) is 2.53. The van der Waals surface area contributed by atoms with Crippen molar-refractivity contribution in [2.24, 2.45) is 0 Å². The van der Waals surface area contributed by atoms with Crippen LogP contribution >= 0.6 is 0 Å². The van der Waals surface area contributed by atoms with Crippen LogP contribution in [0.2, 0.25) is 0 Å². The van der Waals surface area contributed by atoms with Gasteiger partial charge in [0.1, 0.15) is 0 Å². The van der Waals surface area contributed by atoms with Gasteiger partial charge in [-0.3, -0.25) is 0 Å². The molecule has 94 valence electrons. The number of hydrogen-bond acceptors (Lipinski definition) is 3. The second-order valence-corrected chi connectivity index (χ2v) is 6.92. The summed E-state index contributed by atoms with van der Waals surface area (Å²) in [5.74, 6) is 0. The van der Waals surface area contributed by atoms with Gasteiger partial charge in [0.05, 0.1) is 16.2 Å². The van der Waals surface area contributed by atoms with Crippen molar-refractivity contribution < 1.29 is 13.5 Å². The third-order valence-corrected chi connectivity index (χ3v) is 5.64. The fourth-order valence-electron chi connectivity index (χ4n) is 2.41. The zero-order chi connectivity index (χ0) is 12.5. The molecule has 0 aliphatic heterocycles. The van der Waals surface area contributed by atoms with Crippen LogP contribution in [0.4, 0.5) is 0 Å². The average Bonchev–Trinajstić information content (AvgIpc) is 2.29. The maximum Gasteiger partial charge on any atom is 0.183 e. The molecule has 4 heteroatoms. The molecule has 3 nitrogen and oxygen atoms in total. The third-order valence-electron chi connectivity index (χ3n) is 3.38. The van der Waals surface area contributed by atoms with Gasteiger partial charge in [0.2, 0.25) is 0 Å². The van der Waals surface area contributed by atoms with E-state index < -0.39 is 21.2 Å². The van der Waals surface area contributed by atoms with Crippen LogP contribution in [0.15, 0.2) is 29.2 Å². The molecule has 0 spiro atoms. The number of benzene rings is 1. The van der Waals surface area contributed by atoms with Crippen LogP contribution in [0.1, 0.15) is 31.2 Å². The highest BCUT2D eigenvalue weighted by molar-refractivity contribution is 7.92. The first-order valence-electron chi connectivity index (χ1n) is 6.00. The standard InChI is InChI=1S/C13H18O3S/c1-10-5-4-6-11(9-10)17(15,16)13-8-3-2-7-12(13)14/h4-6,9,12-14H,2-3,7-8H2,1H3. The first kappa shape index (κ1) is 12.6. The molecule has 0 aromatic heterocycles. The largest absolute Gasteiger partial charge is 0.392 e. The maximum atomic E-state index is 12.4. The van der Waals surface area contributed by atoms with E-state index >= 15 is 0 Å². The van der Waals surface area contributed by atoms with Crippen LogP contribution in [0.25, 0.3) is 0 Å². The molecule has 1 aromatic rings. The Morgan fingerprint density at radius 2 is 1.94 bits per heavy atom. The molecule has 0 bridgehead atoms. The molecular formula is C13H18O3S. The zero-order valence-electron chi connectivity index (χ0n) is 9.96. The second kappa shape index (κ2) is 4.78. The molecule has 0 heterocycles. The molecular weight excluding hydrogens is 236 g/mol. The molecule has 0 saturated heterocycles. The molecule has 1 aliphatic carbocycles. The van der Waals surface area contributed by atoms with E-state index in [2.05, 4.69) is 0 Å². The van der Waals surface area contributed by atoms with Crippen molar-refractivity contribution in [3.05, 3.63) is 29.8 Å². The van der Waals surface area contributed by atoms with Crippen molar-refractivity contribution in [2.45, 2.75) is 48.9 Å². The van der Waals surface area contributed by atoms with E-state index in [-0.39, 0.29) is 0 Å². The lowest BCUT2D eigenvalue weighted by Crippen LogP contribution is -2.36. The van der Waals surface area contributed by atoms with Crippen molar-refractivity contribution in [2.75, 3.05) is 0 Å². The minimum Gasteiger partial charge on any atom is -0.392 e. The van der Waals surface area contributed by atoms with Crippen LogP contribution in [-0.2, 0) is 9.84 Å². The van der Waals surface area contributed by atoms with E-state index in [0.717, 1.165) is 18.4 Å². The fourth-order valence-corrected chi connectivity index (χ4v) is 4.40. The molecule has 1 aromatic carbocycles. The van der Waals surface area contributed by atoms with Gasteiger partial charge in [-0.15, -0.1) is 0 Å². The average molecular weight is 254 g/mol. The minimum atomic E-state index is -3.38. The van der Waals surface area contributed by atoms with Gasteiger partial charge < -0.3 is 5.11 Å². The second-order valence-electron chi connectivity index (χ2n) is 4.75. The number of aliphatic hydroxyl groups excluding tert-OH is 1. The van der Waals surface area contributed by atoms with Crippen molar-refractivity contribution in [1.29, 1.82) is 0 Å². The highest BCUT2D eigenvalue weighted by Gasteiger charge is 2.35. The van der Waals surface area contributed by atoms with E-state index in [0.29, 0.717) is 17.7 Å². The molecule has 1 aliphatic rings. The van der Waals surface area contributed by atoms with Crippen LogP contribution < -0.4 is 0 Å². The molecule has 1 saturated carbocycles. The van der Waals surface area contributed by atoms with Gasteiger partial charge in [-0.2, -0.15) is 0 Å². The Hall–Kier alpha value is -0.870. The normalized spacial score (nSPS) is 25.8. The summed E-state index contributed by atoms with van der Waals surface area (Å²) in [5.41, 5.74) is 0.927. The van der Waals surface area contributed by atoms with Crippen molar-refractivity contribution in [1.82, 2.24) is 0 Å². The summed E-state index contributed by atoms with van der Waals surface area (Å²) < 4.78 is 24.8. The Bertz CT molecular complexity index is 493. The lowest BCUT2D eigenvalue weighted by molar-refractivity contribution is 0.133. The van der Waals surface area contributed by atoms with Gasteiger partial charge in [-0.1, -0.05) is 25.0 Å². The van der Waals surface area contributed by atoms with Crippen molar-refractivity contribution in [3.63, 3.8) is 0 Å². The van der Waals surface area contributed by atoms with E-state index in [1.807, 2.05) is 13.0 Å². The number of sulfone groups is 1. The molecule has 2 atom stereocenters. The van der Waals surface area contributed by atoms with Gasteiger partial charge in [0.25, 0.3) is 0 Å². The maximum absolute atomic E-state index is 12.4. The summed E-state index contributed by atoms with van der Waals surface area (Å²) in [6.45, 7) is 1.87. The van der Waals surface area contributed by atoms with Gasteiger partial charge in [0, 0.05) is 0 Å². The summed E-state index contributed by atoms with van der Waals surface area (Å²) in [5, 5.41) is 9.23. The van der Waals surface area contributed by atoms with Crippen LogP contribution in [-0.4, -0.2) is 24.9 Å². The predicted molar refractivity (Wildman–Crippen MR) is 66.6 cm³/mol. The first-order valence-corrected chi connectivity index (χ1v) is 7.55. The Labute approximate surface area is 102 Å². The summed E-state index contributed by atoms with van der Waals surface area (Å²) in [6.07, 6.45) is 2.25. The molecule has 1 N–H and O–H groups in total. The van der Waals surface area contributed by atoms with Crippen LogP contribution in [0.5, 0.6) is 0 Å². The van der Waals surface area contributed by atoms with E-state index in [1.54, 1.807) is 18.2 Å². The first-order chi connectivity index (χ1) is 8.01. The molecule has 0 radical (unpaired) electrons. The molecule has 17 heavy (non-hydrogen) atoms. The minimum absolute atomic E-state index is 0.337. The summed E-state index contributed by atoms with van der Waals surface area (Å²) in [7, 11) is -3.38. The monoisotopic (exact) mass is 254 g/mol. The smallest absolute Gasteiger partial charge is 0.183 e. The summed E-state index contributed by atoms with van der Waals surface area (Å²) >= 11 is 0. The highest BCUT2D eigenvalue weighted by Crippen LogP contribution is 2.29.